The largest absolute Gasteiger partial charge is 0.384 e. The number of anilines is 3. The van der Waals surface area contributed by atoms with E-state index in [0.29, 0.717) is 0 Å². The van der Waals surface area contributed by atoms with Gasteiger partial charge in [-0.15, -0.1) is 0 Å². The maximum Gasteiger partial charge on any atom is 0.0576 e. The summed E-state index contributed by atoms with van der Waals surface area (Å²) in [7, 11) is 0. The van der Waals surface area contributed by atoms with Gasteiger partial charge in [-0.25, -0.2) is 0 Å². The monoisotopic (exact) mass is 283 g/mol. The van der Waals surface area contributed by atoms with Gasteiger partial charge in [0.05, 0.1) is 11.4 Å². The van der Waals surface area contributed by atoms with E-state index in [9.17, 15) is 0 Å². The Balaban J connectivity index is 1.83. The number of rotatable bonds is 7. The minimum absolute atomic E-state index is 0.884. The minimum Gasteiger partial charge on any atom is -0.384 e. The second kappa shape index (κ2) is 7.58. The highest BCUT2D eigenvalue weighted by Gasteiger charge is 1.99. The van der Waals surface area contributed by atoms with Gasteiger partial charge in [-0.3, -0.25) is 0 Å². The van der Waals surface area contributed by atoms with Crippen molar-refractivity contribution in [2.24, 2.45) is 0 Å². The predicted molar refractivity (Wildman–Crippen MR) is 93.5 cm³/mol. The number of hydrogen-bond donors (Lipinski definition) is 3. The van der Waals surface area contributed by atoms with Gasteiger partial charge in [0.15, 0.2) is 0 Å². The van der Waals surface area contributed by atoms with Crippen LogP contribution in [-0.2, 0) is 0 Å². The molecule has 2 rings (SSSR count). The topological polar surface area (TPSA) is 36.1 Å². The van der Waals surface area contributed by atoms with Crippen LogP contribution in [0.4, 0.5) is 17.1 Å². The number of aryl methyl sites for hydroxylation is 2. The summed E-state index contributed by atoms with van der Waals surface area (Å²) in [4.78, 5) is 0. The fourth-order valence-electron chi connectivity index (χ4n) is 2.24. The number of hydrogen-bond acceptors (Lipinski definition) is 3. The van der Waals surface area contributed by atoms with E-state index in [2.05, 4.69) is 79.2 Å². The molecule has 0 radical (unpaired) electrons. The average molecular weight is 283 g/mol. The molecule has 112 valence electrons. The van der Waals surface area contributed by atoms with Crippen molar-refractivity contribution in [1.82, 2.24) is 0 Å². The van der Waals surface area contributed by atoms with E-state index in [4.69, 9.17) is 0 Å². The normalized spacial score (nSPS) is 10.2. The van der Waals surface area contributed by atoms with Crippen LogP contribution in [0.3, 0.4) is 0 Å². The zero-order valence-electron chi connectivity index (χ0n) is 13.2. The molecule has 3 N–H and O–H groups in total. The first-order chi connectivity index (χ1) is 10.2. The van der Waals surface area contributed by atoms with Gasteiger partial charge in [0.25, 0.3) is 0 Å². The summed E-state index contributed by atoms with van der Waals surface area (Å²) < 4.78 is 0. The van der Waals surface area contributed by atoms with E-state index in [-0.39, 0.29) is 0 Å². The van der Waals surface area contributed by atoms with Gasteiger partial charge in [0.1, 0.15) is 0 Å². The zero-order valence-corrected chi connectivity index (χ0v) is 13.2. The van der Waals surface area contributed by atoms with Gasteiger partial charge in [-0.2, -0.15) is 0 Å². The first kappa shape index (κ1) is 15.2. The highest BCUT2D eigenvalue weighted by Crippen LogP contribution is 2.20. The van der Waals surface area contributed by atoms with E-state index in [1.807, 2.05) is 0 Å². The molecule has 0 heterocycles. The van der Waals surface area contributed by atoms with Crippen LogP contribution in [0.5, 0.6) is 0 Å². The fourth-order valence-corrected chi connectivity index (χ4v) is 2.24. The zero-order chi connectivity index (χ0) is 15.1. The lowest BCUT2D eigenvalue weighted by Crippen LogP contribution is -2.14. The molecule has 0 amide bonds. The van der Waals surface area contributed by atoms with Crippen molar-refractivity contribution in [1.29, 1.82) is 0 Å². The first-order valence-corrected chi connectivity index (χ1v) is 7.58. The fraction of sp³-hybridized carbons (Fsp3) is 0.333. The molecule has 0 bridgehead atoms. The van der Waals surface area contributed by atoms with Crippen LogP contribution in [0.15, 0.2) is 42.5 Å². The number of para-hydroxylation sites is 2. The second-order valence-electron chi connectivity index (χ2n) is 5.23. The van der Waals surface area contributed by atoms with Gasteiger partial charge >= 0.3 is 0 Å². The summed E-state index contributed by atoms with van der Waals surface area (Å²) in [6.45, 7) is 9.10. The number of benzene rings is 2. The molecule has 0 aromatic heterocycles. The van der Waals surface area contributed by atoms with Crippen molar-refractivity contribution >= 4 is 17.1 Å². The molecule has 0 aliphatic heterocycles. The van der Waals surface area contributed by atoms with Crippen molar-refractivity contribution in [3.63, 3.8) is 0 Å². The summed E-state index contributed by atoms with van der Waals surface area (Å²) in [5.74, 6) is 0. The molecule has 2 aromatic carbocycles. The van der Waals surface area contributed by atoms with Crippen molar-refractivity contribution in [3.8, 4) is 0 Å². The molecular weight excluding hydrogens is 258 g/mol. The van der Waals surface area contributed by atoms with Gasteiger partial charge in [-0.05, 0) is 56.2 Å². The molecule has 21 heavy (non-hydrogen) atoms. The minimum atomic E-state index is 0.884. The van der Waals surface area contributed by atoms with Gasteiger partial charge in [0.2, 0.25) is 0 Å². The third-order valence-corrected chi connectivity index (χ3v) is 3.57. The maximum atomic E-state index is 3.47. The predicted octanol–water partition coefficient (Wildman–Crippen LogP) is 4.26. The Labute approximate surface area is 127 Å². The van der Waals surface area contributed by atoms with Crippen LogP contribution in [0.25, 0.3) is 0 Å². The van der Waals surface area contributed by atoms with Crippen molar-refractivity contribution in [2.45, 2.75) is 20.8 Å². The Morgan fingerprint density at radius 2 is 1.43 bits per heavy atom. The van der Waals surface area contributed by atoms with E-state index in [1.165, 1.54) is 16.8 Å². The summed E-state index contributed by atoms with van der Waals surface area (Å²) >= 11 is 0. The quantitative estimate of drug-likeness (QED) is 0.664. The van der Waals surface area contributed by atoms with Gasteiger partial charge in [0, 0.05) is 25.3 Å². The summed E-state index contributed by atoms with van der Waals surface area (Å²) in [6.07, 6.45) is 0. The van der Waals surface area contributed by atoms with E-state index >= 15 is 0 Å². The lowest BCUT2D eigenvalue weighted by molar-refractivity contribution is 1.07. The molecule has 2 aromatic rings. The Morgan fingerprint density at radius 3 is 2.10 bits per heavy atom. The highest BCUT2D eigenvalue weighted by molar-refractivity contribution is 5.68. The molecule has 0 atom stereocenters. The highest BCUT2D eigenvalue weighted by atomic mass is 15.0. The Morgan fingerprint density at radius 1 is 0.762 bits per heavy atom. The number of nitrogens with one attached hydrogen (secondary N) is 3. The van der Waals surface area contributed by atoms with Crippen LogP contribution in [0.1, 0.15) is 18.1 Å². The molecule has 0 fully saturated rings. The van der Waals surface area contributed by atoms with Crippen LogP contribution in [0.2, 0.25) is 0 Å². The smallest absolute Gasteiger partial charge is 0.0576 e. The molecular formula is C18H25N3. The lowest BCUT2D eigenvalue weighted by atomic mass is 10.1. The van der Waals surface area contributed by atoms with Crippen LogP contribution in [0, 0.1) is 13.8 Å². The Hall–Kier alpha value is -2.16. The van der Waals surface area contributed by atoms with Crippen molar-refractivity contribution in [3.05, 3.63) is 53.6 Å². The molecule has 3 heteroatoms. The maximum absolute atomic E-state index is 3.47. The van der Waals surface area contributed by atoms with Crippen LogP contribution >= 0.6 is 0 Å². The second-order valence-corrected chi connectivity index (χ2v) is 5.23. The third-order valence-electron chi connectivity index (χ3n) is 3.57. The van der Waals surface area contributed by atoms with Crippen molar-refractivity contribution < 1.29 is 0 Å². The average Bonchev–Trinajstić information content (AvgIpc) is 2.49. The first-order valence-electron chi connectivity index (χ1n) is 7.58. The summed E-state index contributed by atoms with van der Waals surface area (Å²) in [6, 6.07) is 14.8. The molecule has 0 spiro atoms. The molecule has 0 saturated heterocycles. The Bertz CT molecular complexity index is 578. The van der Waals surface area contributed by atoms with Gasteiger partial charge < -0.3 is 16.0 Å². The van der Waals surface area contributed by atoms with Crippen molar-refractivity contribution in [2.75, 3.05) is 35.6 Å². The lowest BCUT2D eigenvalue weighted by Gasteiger charge is -2.14. The summed E-state index contributed by atoms with van der Waals surface area (Å²) in [5, 5.41) is 10.3. The summed E-state index contributed by atoms with van der Waals surface area (Å²) in [5.41, 5.74) is 6.15. The van der Waals surface area contributed by atoms with Gasteiger partial charge in [-0.1, -0.05) is 18.2 Å². The van der Waals surface area contributed by atoms with Crippen LogP contribution < -0.4 is 16.0 Å². The SMILES string of the molecule is CCNc1ccccc1NCCNc1ccc(C)c(C)c1. The molecule has 0 unspecified atom stereocenters. The molecule has 0 saturated carbocycles. The van der Waals surface area contributed by atoms with E-state index in [0.717, 1.165) is 31.0 Å². The molecule has 0 aliphatic rings. The van der Waals surface area contributed by atoms with E-state index < -0.39 is 0 Å². The van der Waals surface area contributed by atoms with Crippen LogP contribution in [-0.4, -0.2) is 19.6 Å². The third kappa shape index (κ3) is 4.42. The Kier molecular flexibility index (Phi) is 5.50. The molecule has 0 aliphatic carbocycles. The standard InChI is InChI=1S/C18H25N3/c1-4-19-17-7-5-6-8-18(17)21-12-11-20-16-10-9-14(2)15(3)13-16/h5-10,13,19-21H,4,11-12H2,1-3H3. The van der Waals surface area contributed by atoms with E-state index in [1.54, 1.807) is 0 Å². The molecule has 3 nitrogen and oxygen atoms in total.